The minimum Gasteiger partial charge on any atom is -0.480 e. The fraction of sp³-hybridized carbons (Fsp3) is 0.588. The molecule has 1 fully saturated rings. The summed E-state index contributed by atoms with van der Waals surface area (Å²) in [5, 5.41) is 9.60. The second kappa shape index (κ2) is 7.17. The molecule has 1 aliphatic heterocycles. The molecule has 1 N–H and O–H groups in total. The Balaban J connectivity index is 2.11. The van der Waals surface area contributed by atoms with Crippen LogP contribution in [0.4, 0.5) is 4.79 Å². The van der Waals surface area contributed by atoms with Crippen LogP contribution in [0.15, 0.2) is 24.4 Å². The van der Waals surface area contributed by atoms with Crippen molar-refractivity contribution in [2.75, 3.05) is 19.6 Å². The van der Waals surface area contributed by atoms with Gasteiger partial charge in [0.15, 0.2) is 0 Å². The Morgan fingerprint density at radius 3 is 2.58 bits per heavy atom. The SMILES string of the molecule is CC(c1ccccn1)N1CCN(C(=O)OC(C)(C)C)CC1C(=O)O. The summed E-state index contributed by atoms with van der Waals surface area (Å²) in [6, 6.07) is 4.65. The summed E-state index contributed by atoms with van der Waals surface area (Å²) in [6.07, 6.45) is 1.22. The van der Waals surface area contributed by atoms with Crippen molar-refractivity contribution < 1.29 is 19.4 Å². The number of carbonyl (C=O) groups excluding carboxylic acids is 1. The van der Waals surface area contributed by atoms with E-state index in [1.807, 2.05) is 30.0 Å². The monoisotopic (exact) mass is 335 g/mol. The van der Waals surface area contributed by atoms with Gasteiger partial charge in [0.05, 0.1) is 18.3 Å². The van der Waals surface area contributed by atoms with Crippen LogP contribution in [0, 0.1) is 0 Å². The van der Waals surface area contributed by atoms with Crippen LogP contribution in [-0.4, -0.2) is 63.2 Å². The molecular weight excluding hydrogens is 310 g/mol. The van der Waals surface area contributed by atoms with Crippen molar-refractivity contribution in [2.45, 2.75) is 45.4 Å². The summed E-state index contributed by atoms with van der Waals surface area (Å²) in [7, 11) is 0. The fourth-order valence-corrected chi connectivity index (χ4v) is 2.77. The molecule has 0 aromatic carbocycles. The lowest BCUT2D eigenvalue weighted by Gasteiger charge is -2.42. The van der Waals surface area contributed by atoms with E-state index in [9.17, 15) is 14.7 Å². The molecule has 2 rings (SSSR count). The van der Waals surface area contributed by atoms with E-state index >= 15 is 0 Å². The number of carboxylic acids is 1. The zero-order chi connectivity index (χ0) is 17.9. The summed E-state index contributed by atoms with van der Waals surface area (Å²) in [5.74, 6) is -0.953. The number of pyridine rings is 1. The predicted molar refractivity (Wildman–Crippen MR) is 88.6 cm³/mol. The largest absolute Gasteiger partial charge is 0.480 e. The van der Waals surface area contributed by atoms with E-state index in [1.165, 1.54) is 4.90 Å². The number of aliphatic carboxylic acids is 1. The molecule has 0 radical (unpaired) electrons. The highest BCUT2D eigenvalue weighted by Gasteiger charge is 2.38. The molecule has 1 aromatic rings. The van der Waals surface area contributed by atoms with Gasteiger partial charge in [-0.2, -0.15) is 0 Å². The average Bonchev–Trinajstić information content (AvgIpc) is 2.52. The minimum atomic E-state index is -0.953. The third-order valence-corrected chi connectivity index (χ3v) is 3.97. The molecule has 2 unspecified atom stereocenters. The maximum absolute atomic E-state index is 12.2. The minimum absolute atomic E-state index is 0.0986. The number of hydrogen-bond acceptors (Lipinski definition) is 5. The van der Waals surface area contributed by atoms with Crippen LogP contribution in [0.2, 0.25) is 0 Å². The summed E-state index contributed by atoms with van der Waals surface area (Å²) in [5.41, 5.74) is 0.211. The van der Waals surface area contributed by atoms with Gasteiger partial charge in [0.2, 0.25) is 0 Å². The van der Waals surface area contributed by atoms with E-state index in [1.54, 1.807) is 27.0 Å². The van der Waals surface area contributed by atoms with E-state index in [0.29, 0.717) is 13.1 Å². The molecule has 0 spiro atoms. The Morgan fingerprint density at radius 2 is 2.04 bits per heavy atom. The van der Waals surface area contributed by atoms with Crippen molar-refractivity contribution >= 4 is 12.1 Å². The van der Waals surface area contributed by atoms with Crippen LogP contribution < -0.4 is 0 Å². The van der Waals surface area contributed by atoms with Crippen LogP contribution in [0.25, 0.3) is 0 Å². The zero-order valence-electron chi connectivity index (χ0n) is 14.6. The Labute approximate surface area is 142 Å². The molecule has 7 heteroatoms. The lowest BCUT2D eigenvalue weighted by Crippen LogP contribution is -2.58. The maximum Gasteiger partial charge on any atom is 0.410 e. The number of carbonyl (C=O) groups is 2. The molecular formula is C17H25N3O4. The van der Waals surface area contributed by atoms with Crippen LogP contribution in [0.1, 0.15) is 39.4 Å². The van der Waals surface area contributed by atoms with E-state index in [-0.39, 0.29) is 12.6 Å². The topological polar surface area (TPSA) is 83.0 Å². The van der Waals surface area contributed by atoms with Crippen LogP contribution in [0.5, 0.6) is 0 Å². The standard InChI is InChI=1S/C17H25N3O4/c1-12(13-7-5-6-8-18-13)20-10-9-19(11-14(20)15(21)22)16(23)24-17(2,3)4/h5-8,12,14H,9-11H2,1-4H3,(H,21,22). The maximum atomic E-state index is 12.2. The molecule has 1 aliphatic rings. The molecule has 24 heavy (non-hydrogen) atoms. The summed E-state index contributed by atoms with van der Waals surface area (Å²) in [4.78, 5) is 31.6. The lowest BCUT2D eigenvalue weighted by molar-refractivity contribution is -0.147. The molecule has 0 saturated carbocycles. The van der Waals surface area contributed by atoms with Gasteiger partial charge >= 0.3 is 12.1 Å². The van der Waals surface area contributed by atoms with Crippen molar-refractivity contribution in [2.24, 2.45) is 0 Å². The number of rotatable bonds is 3. The molecule has 1 amide bonds. The molecule has 7 nitrogen and oxygen atoms in total. The molecule has 0 bridgehead atoms. The third-order valence-electron chi connectivity index (χ3n) is 3.97. The van der Waals surface area contributed by atoms with Crippen molar-refractivity contribution in [3.8, 4) is 0 Å². The van der Waals surface area contributed by atoms with Gasteiger partial charge in [0.1, 0.15) is 11.6 Å². The van der Waals surface area contributed by atoms with Gasteiger partial charge in [0, 0.05) is 19.3 Å². The number of carboxylic acid groups (broad SMARTS) is 1. The quantitative estimate of drug-likeness (QED) is 0.911. The van der Waals surface area contributed by atoms with Gasteiger partial charge in [-0.1, -0.05) is 6.07 Å². The van der Waals surface area contributed by atoms with Gasteiger partial charge in [-0.05, 0) is 39.8 Å². The molecule has 1 saturated heterocycles. The molecule has 1 aromatic heterocycles. The highest BCUT2D eigenvalue weighted by Crippen LogP contribution is 2.24. The molecule has 2 atom stereocenters. The summed E-state index contributed by atoms with van der Waals surface area (Å²) >= 11 is 0. The zero-order valence-corrected chi connectivity index (χ0v) is 14.6. The number of nitrogens with zero attached hydrogens (tertiary/aromatic N) is 3. The van der Waals surface area contributed by atoms with E-state index < -0.39 is 23.7 Å². The second-order valence-corrected chi connectivity index (χ2v) is 6.95. The number of amides is 1. The molecule has 2 heterocycles. The Kier molecular flexibility index (Phi) is 5.43. The van der Waals surface area contributed by atoms with Crippen molar-refractivity contribution in [3.05, 3.63) is 30.1 Å². The first kappa shape index (κ1) is 18.2. The molecule has 0 aliphatic carbocycles. The Hall–Kier alpha value is -2.15. The first-order valence-electron chi connectivity index (χ1n) is 8.06. The lowest BCUT2D eigenvalue weighted by atomic mass is 10.1. The van der Waals surface area contributed by atoms with Crippen molar-refractivity contribution in [1.82, 2.24) is 14.8 Å². The smallest absolute Gasteiger partial charge is 0.410 e. The highest BCUT2D eigenvalue weighted by molar-refractivity contribution is 5.76. The second-order valence-electron chi connectivity index (χ2n) is 6.95. The van der Waals surface area contributed by atoms with Gasteiger partial charge in [-0.15, -0.1) is 0 Å². The van der Waals surface area contributed by atoms with Gasteiger partial charge in [-0.3, -0.25) is 14.7 Å². The average molecular weight is 335 g/mol. The number of hydrogen-bond donors (Lipinski definition) is 1. The van der Waals surface area contributed by atoms with Crippen LogP contribution >= 0.6 is 0 Å². The van der Waals surface area contributed by atoms with Crippen molar-refractivity contribution in [1.29, 1.82) is 0 Å². The fourth-order valence-electron chi connectivity index (χ4n) is 2.77. The van der Waals surface area contributed by atoms with E-state index in [0.717, 1.165) is 5.69 Å². The Bertz CT molecular complexity index is 585. The number of piperazine rings is 1. The van der Waals surface area contributed by atoms with E-state index in [2.05, 4.69) is 4.98 Å². The van der Waals surface area contributed by atoms with Crippen LogP contribution in [-0.2, 0) is 9.53 Å². The molecule has 132 valence electrons. The third kappa shape index (κ3) is 4.44. The predicted octanol–water partition coefficient (Wildman–Crippen LogP) is 2.15. The van der Waals surface area contributed by atoms with Crippen molar-refractivity contribution in [3.63, 3.8) is 0 Å². The summed E-state index contributed by atoms with van der Waals surface area (Å²) in [6.45, 7) is 8.28. The highest BCUT2D eigenvalue weighted by atomic mass is 16.6. The first-order chi connectivity index (χ1) is 11.2. The van der Waals surface area contributed by atoms with Gasteiger partial charge in [-0.25, -0.2) is 4.79 Å². The first-order valence-corrected chi connectivity index (χ1v) is 8.06. The number of aromatic nitrogens is 1. The van der Waals surface area contributed by atoms with Gasteiger partial charge < -0.3 is 14.7 Å². The number of ether oxygens (including phenoxy) is 1. The van der Waals surface area contributed by atoms with Gasteiger partial charge in [0.25, 0.3) is 0 Å². The summed E-state index contributed by atoms with van der Waals surface area (Å²) < 4.78 is 5.35. The Morgan fingerprint density at radius 1 is 1.33 bits per heavy atom. The normalized spacial score (nSPS) is 20.5. The van der Waals surface area contributed by atoms with E-state index in [4.69, 9.17) is 4.74 Å². The van der Waals surface area contributed by atoms with Crippen LogP contribution in [0.3, 0.4) is 0 Å².